The second-order valence-corrected chi connectivity index (χ2v) is 6.36. The van der Waals surface area contributed by atoms with Crippen LogP contribution in [0.3, 0.4) is 0 Å². The molecule has 0 aliphatic carbocycles. The fourth-order valence-electron chi connectivity index (χ4n) is 1.70. The first-order chi connectivity index (χ1) is 5.61. The Bertz CT molecular complexity index is 162. The molecule has 0 atom stereocenters. The van der Waals surface area contributed by atoms with Crippen LogP contribution in [0.2, 0.25) is 0 Å². The molecule has 1 amide bonds. The fraction of sp³-hybridized carbons (Fsp3) is 0.889. The first-order valence-electron chi connectivity index (χ1n) is 4.53. The van der Waals surface area contributed by atoms with Crippen LogP contribution >= 0.6 is 10.9 Å². The van der Waals surface area contributed by atoms with Crippen LogP contribution in [-0.4, -0.2) is 41.7 Å². The summed E-state index contributed by atoms with van der Waals surface area (Å²) in [4.78, 5) is 13.0. The summed E-state index contributed by atoms with van der Waals surface area (Å²) < 4.78 is 0. The van der Waals surface area contributed by atoms with Crippen LogP contribution in [-0.2, 0) is 4.79 Å². The van der Waals surface area contributed by atoms with Crippen molar-refractivity contribution in [2.24, 2.45) is 0 Å². The minimum atomic E-state index is 0.205. The van der Waals surface area contributed by atoms with Gasteiger partial charge in [0.2, 0.25) is 5.91 Å². The highest BCUT2D eigenvalue weighted by Gasteiger charge is 2.21. The summed E-state index contributed by atoms with van der Waals surface area (Å²) in [5, 5.41) is 0.899. The Morgan fingerprint density at radius 1 is 1.33 bits per heavy atom. The summed E-state index contributed by atoms with van der Waals surface area (Å²) in [5.41, 5.74) is 0. The summed E-state index contributed by atoms with van der Waals surface area (Å²) >= 11 is 0. The fourth-order valence-corrected chi connectivity index (χ4v) is 2.96. The van der Waals surface area contributed by atoms with Crippen LogP contribution in [0.15, 0.2) is 0 Å². The van der Waals surface area contributed by atoms with Crippen LogP contribution in [0.4, 0.5) is 0 Å². The molecule has 0 N–H and O–H groups in total. The van der Waals surface area contributed by atoms with Gasteiger partial charge in [-0.05, 0) is 30.6 Å². The number of hydrogen-bond acceptors (Lipinski definition) is 1. The molecule has 3 heteroatoms. The SMILES string of the molecule is CC(=O)N1CCC([SH](C)C)CC1. The molecule has 1 aliphatic heterocycles. The average molecular weight is 189 g/mol. The predicted molar refractivity (Wildman–Crippen MR) is 56.1 cm³/mol. The van der Waals surface area contributed by atoms with Gasteiger partial charge in [-0.1, -0.05) is 0 Å². The Morgan fingerprint density at radius 3 is 2.17 bits per heavy atom. The Kier molecular flexibility index (Phi) is 3.44. The van der Waals surface area contributed by atoms with E-state index in [-0.39, 0.29) is 16.8 Å². The Morgan fingerprint density at radius 2 is 1.83 bits per heavy atom. The number of hydrogen-bond donors (Lipinski definition) is 1. The molecule has 0 aromatic carbocycles. The number of likely N-dealkylation sites (tertiary alicyclic amines) is 1. The Balaban J connectivity index is 2.34. The van der Waals surface area contributed by atoms with E-state index in [0.29, 0.717) is 0 Å². The molecule has 0 spiro atoms. The van der Waals surface area contributed by atoms with Gasteiger partial charge in [0.25, 0.3) is 0 Å². The second-order valence-electron chi connectivity index (χ2n) is 3.70. The maximum absolute atomic E-state index is 11.0. The normalized spacial score (nSPS) is 20.9. The number of carbonyl (C=O) groups is 1. The molecule has 1 rings (SSSR count). The first-order valence-corrected chi connectivity index (χ1v) is 6.83. The maximum Gasteiger partial charge on any atom is 0.219 e. The van der Waals surface area contributed by atoms with Gasteiger partial charge in [-0.25, -0.2) is 0 Å². The van der Waals surface area contributed by atoms with Crippen molar-refractivity contribution in [2.75, 3.05) is 25.6 Å². The molecule has 0 bridgehead atoms. The molecule has 0 saturated carbocycles. The minimum absolute atomic E-state index is 0.205. The van der Waals surface area contributed by atoms with Crippen LogP contribution in [0.1, 0.15) is 19.8 Å². The summed E-state index contributed by atoms with van der Waals surface area (Å²) in [6.45, 7) is 3.64. The highest BCUT2D eigenvalue weighted by molar-refractivity contribution is 8.16. The number of rotatable bonds is 1. The largest absolute Gasteiger partial charge is 0.343 e. The van der Waals surface area contributed by atoms with Crippen LogP contribution in [0, 0.1) is 0 Å². The topological polar surface area (TPSA) is 20.3 Å². The van der Waals surface area contributed by atoms with Crippen molar-refractivity contribution in [2.45, 2.75) is 25.0 Å². The number of carbonyl (C=O) groups excluding carboxylic acids is 1. The molecular weight excluding hydrogens is 170 g/mol. The molecule has 0 aromatic heterocycles. The van der Waals surface area contributed by atoms with E-state index in [1.165, 1.54) is 12.8 Å². The molecule has 1 saturated heterocycles. The van der Waals surface area contributed by atoms with Gasteiger partial charge in [0.15, 0.2) is 0 Å². The zero-order valence-electron chi connectivity index (χ0n) is 8.21. The molecular formula is C9H19NOS. The van der Waals surface area contributed by atoms with Crippen molar-refractivity contribution in [1.29, 1.82) is 0 Å². The molecule has 12 heavy (non-hydrogen) atoms. The van der Waals surface area contributed by atoms with Crippen molar-refractivity contribution >= 4 is 16.8 Å². The van der Waals surface area contributed by atoms with Gasteiger partial charge in [0, 0.05) is 20.0 Å². The lowest BCUT2D eigenvalue weighted by atomic mass is 10.1. The lowest BCUT2D eigenvalue weighted by Gasteiger charge is -2.34. The maximum atomic E-state index is 11.0. The van der Waals surface area contributed by atoms with Crippen LogP contribution in [0.25, 0.3) is 0 Å². The predicted octanol–water partition coefficient (Wildman–Crippen LogP) is 1.26. The third-order valence-electron chi connectivity index (χ3n) is 2.64. The van der Waals surface area contributed by atoms with Crippen molar-refractivity contribution in [3.63, 3.8) is 0 Å². The highest BCUT2D eigenvalue weighted by Crippen LogP contribution is 2.30. The molecule has 72 valence electrons. The molecule has 0 aromatic rings. The number of thiol groups is 1. The van der Waals surface area contributed by atoms with Crippen LogP contribution in [0.5, 0.6) is 0 Å². The van der Waals surface area contributed by atoms with Crippen molar-refractivity contribution in [3.8, 4) is 0 Å². The monoisotopic (exact) mass is 189 g/mol. The number of amides is 1. The summed E-state index contributed by atoms with van der Waals surface area (Å²) in [6, 6.07) is 0. The van der Waals surface area contributed by atoms with Gasteiger partial charge < -0.3 is 4.90 Å². The third-order valence-corrected chi connectivity index (χ3v) is 4.62. The second kappa shape index (κ2) is 4.17. The van der Waals surface area contributed by atoms with E-state index in [1.807, 2.05) is 4.90 Å². The van der Waals surface area contributed by atoms with Gasteiger partial charge >= 0.3 is 0 Å². The quantitative estimate of drug-likeness (QED) is 0.616. The standard InChI is InChI=1S/C9H19NOS/c1-8(11)10-6-4-9(5-7-10)12(2)3/h9,12H,4-7H2,1-3H3. The summed E-state index contributed by atoms with van der Waals surface area (Å²) in [7, 11) is 0.205. The van der Waals surface area contributed by atoms with Gasteiger partial charge in [-0.3, -0.25) is 15.7 Å². The van der Waals surface area contributed by atoms with Crippen molar-refractivity contribution in [3.05, 3.63) is 0 Å². The molecule has 1 heterocycles. The molecule has 1 aliphatic rings. The lowest BCUT2D eigenvalue weighted by Crippen LogP contribution is -2.38. The average Bonchev–Trinajstić information content (AvgIpc) is 2.04. The smallest absolute Gasteiger partial charge is 0.219 e. The van der Waals surface area contributed by atoms with E-state index < -0.39 is 0 Å². The van der Waals surface area contributed by atoms with E-state index in [2.05, 4.69) is 12.5 Å². The number of piperidine rings is 1. The van der Waals surface area contributed by atoms with Gasteiger partial charge in [-0.15, -0.1) is 0 Å². The lowest BCUT2D eigenvalue weighted by molar-refractivity contribution is -0.129. The highest BCUT2D eigenvalue weighted by atomic mass is 32.2. The van der Waals surface area contributed by atoms with E-state index in [4.69, 9.17) is 0 Å². The van der Waals surface area contributed by atoms with Crippen LogP contribution < -0.4 is 0 Å². The summed E-state index contributed by atoms with van der Waals surface area (Å²) in [5.74, 6) is 0.241. The first kappa shape index (κ1) is 9.90. The molecule has 2 nitrogen and oxygen atoms in total. The van der Waals surface area contributed by atoms with E-state index in [9.17, 15) is 4.79 Å². The minimum Gasteiger partial charge on any atom is -0.343 e. The molecule has 0 unspecified atom stereocenters. The van der Waals surface area contributed by atoms with E-state index >= 15 is 0 Å². The van der Waals surface area contributed by atoms with Crippen molar-refractivity contribution in [1.82, 2.24) is 4.90 Å². The van der Waals surface area contributed by atoms with Gasteiger partial charge in [0.1, 0.15) is 0 Å². The Labute approximate surface area is 77.7 Å². The van der Waals surface area contributed by atoms with Gasteiger partial charge in [-0.2, -0.15) is 0 Å². The summed E-state index contributed by atoms with van der Waals surface area (Å²) in [6.07, 6.45) is 7.11. The van der Waals surface area contributed by atoms with E-state index in [1.54, 1.807) is 6.92 Å². The molecule has 1 fully saturated rings. The zero-order valence-corrected chi connectivity index (χ0v) is 9.10. The molecule has 0 radical (unpaired) electrons. The third kappa shape index (κ3) is 2.41. The Hall–Kier alpha value is -0.180. The van der Waals surface area contributed by atoms with Crippen molar-refractivity contribution < 1.29 is 4.79 Å². The van der Waals surface area contributed by atoms with Gasteiger partial charge in [0.05, 0.1) is 0 Å². The van der Waals surface area contributed by atoms with E-state index in [0.717, 1.165) is 18.3 Å². The number of nitrogens with zero attached hydrogens (tertiary/aromatic N) is 1. The zero-order chi connectivity index (χ0) is 9.14.